The molecule has 1 aliphatic heterocycles. The zero-order valence-electron chi connectivity index (χ0n) is 22.3. The van der Waals surface area contributed by atoms with Crippen molar-refractivity contribution >= 4 is 21.5 Å². The summed E-state index contributed by atoms with van der Waals surface area (Å²) in [5.41, 5.74) is 8.77. The molecule has 0 radical (unpaired) electrons. The number of aliphatic carboxylic acids is 1. The molecule has 3 aromatic rings. The van der Waals surface area contributed by atoms with Gasteiger partial charge in [-0.1, -0.05) is 24.3 Å². The molecule has 0 spiro atoms. The van der Waals surface area contributed by atoms with Gasteiger partial charge in [0.1, 0.15) is 21.3 Å². The number of fused-ring (bicyclic) bond motifs is 1. The lowest BCUT2D eigenvalue weighted by molar-refractivity contribution is -0.137. The van der Waals surface area contributed by atoms with Crippen LogP contribution < -0.4 is 14.8 Å². The SMILES string of the molecule is Cc1cc(OCCCS(C)(=O)=O)cc(C)c1-c1cccc(CNc2ccc3c(c2)OC[C@H]3CC(=O)O)c1C. The Morgan fingerprint density at radius 2 is 1.84 bits per heavy atom. The first-order valence-corrected chi connectivity index (χ1v) is 14.8. The quantitative estimate of drug-likeness (QED) is 0.305. The predicted molar refractivity (Wildman–Crippen MR) is 150 cm³/mol. The van der Waals surface area contributed by atoms with Crippen molar-refractivity contribution in [2.45, 2.75) is 46.1 Å². The second kappa shape index (κ2) is 11.5. The average Bonchev–Trinajstić information content (AvgIpc) is 3.22. The molecule has 4 rings (SSSR count). The van der Waals surface area contributed by atoms with E-state index in [0.29, 0.717) is 26.2 Å². The molecule has 1 aliphatic rings. The lowest BCUT2D eigenvalue weighted by atomic mass is 9.90. The molecule has 0 saturated carbocycles. The normalized spacial score (nSPS) is 14.6. The Balaban J connectivity index is 1.46. The summed E-state index contributed by atoms with van der Waals surface area (Å²) < 4.78 is 34.3. The van der Waals surface area contributed by atoms with Crippen molar-refractivity contribution < 1.29 is 27.8 Å². The van der Waals surface area contributed by atoms with Gasteiger partial charge in [-0.15, -0.1) is 0 Å². The fourth-order valence-electron chi connectivity index (χ4n) is 5.05. The average molecular weight is 538 g/mol. The van der Waals surface area contributed by atoms with Crippen molar-refractivity contribution in [3.63, 3.8) is 0 Å². The first-order chi connectivity index (χ1) is 18.0. The number of hydrogen-bond donors (Lipinski definition) is 2. The predicted octanol–water partition coefficient (Wildman–Crippen LogP) is 5.66. The molecule has 0 aromatic heterocycles. The van der Waals surface area contributed by atoms with Gasteiger partial charge in [0.2, 0.25) is 0 Å². The summed E-state index contributed by atoms with van der Waals surface area (Å²) in [4.78, 5) is 11.1. The van der Waals surface area contributed by atoms with Crippen LogP contribution in [-0.4, -0.2) is 44.7 Å². The minimum atomic E-state index is -2.99. The Hall–Kier alpha value is -3.52. The minimum Gasteiger partial charge on any atom is -0.494 e. The van der Waals surface area contributed by atoms with E-state index in [1.165, 1.54) is 22.9 Å². The number of carbonyl (C=O) groups is 1. The molecule has 0 saturated heterocycles. The fourth-order valence-corrected chi connectivity index (χ4v) is 5.69. The Morgan fingerprint density at radius 1 is 1.11 bits per heavy atom. The lowest BCUT2D eigenvalue weighted by Crippen LogP contribution is -2.08. The topological polar surface area (TPSA) is 102 Å². The number of rotatable bonds is 11. The number of hydrogen-bond acceptors (Lipinski definition) is 6. The van der Waals surface area contributed by atoms with Gasteiger partial charge in [-0.25, -0.2) is 8.42 Å². The van der Waals surface area contributed by atoms with Gasteiger partial charge in [-0.2, -0.15) is 0 Å². The molecule has 1 heterocycles. The number of ether oxygens (including phenoxy) is 2. The van der Waals surface area contributed by atoms with Gasteiger partial charge in [0, 0.05) is 36.0 Å². The molecule has 0 amide bonds. The smallest absolute Gasteiger partial charge is 0.304 e. The summed E-state index contributed by atoms with van der Waals surface area (Å²) in [6.07, 6.45) is 1.77. The second-order valence-electron chi connectivity index (χ2n) is 10.1. The van der Waals surface area contributed by atoms with Crippen LogP contribution in [0.5, 0.6) is 11.5 Å². The van der Waals surface area contributed by atoms with Gasteiger partial charge in [0.15, 0.2) is 0 Å². The number of carboxylic acid groups (broad SMARTS) is 1. The van der Waals surface area contributed by atoms with Crippen LogP contribution in [-0.2, 0) is 21.2 Å². The molecule has 2 N–H and O–H groups in total. The van der Waals surface area contributed by atoms with E-state index in [1.807, 2.05) is 30.3 Å². The highest BCUT2D eigenvalue weighted by atomic mass is 32.2. The number of nitrogens with one attached hydrogen (secondary N) is 1. The number of benzene rings is 3. The van der Waals surface area contributed by atoms with Crippen LogP contribution >= 0.6 is 0 Å². The number of sulfone groups is 1. The van der Waals surface area contributed by atoms with Crippen LogP contribution in [0.25, 0.3) is 11.1 Å². The van der Waals surface area contributed by atoms with Crippen molar-refractivity contribution in [2.24, 2.45) is 0 Å². The van der Waals surface area contributed by atoms with Crippen molar-refractivity contribution in [3.05, 3.63) is 76.3 Å². The maximum absolute atomic E-state index is 11.3. The third-order valence-electron chi connectivity index (χ3n) is 6.95. The lowest BCUT2D eigenvalue weighted by Gasteiger charge is -2.18. The van der Waals surface area contributed by atoms with E-state index < -0.39 is 15.8 Å². The summed E-state index contributed by atoms with van der Waals surface area (Å²) in [5, 5.41) is 12.6. The molecule has 0 unspecified atom stereocenters. The maximum atomic E-state index is 11.3. The maximum Gasteiger partial charge on any atom is 0.304 e. The molecule has 0 fully saturated rings. The summed E-state index contributed by atoms with van der Waals surface area (Å²) in [7, 11) is -2.99. The van der Waals surface area contributed by atoms with Gasteiger partial charge >= 0.3 is 5.97 Å². The largest absolute Gasteiger partial charge is 0.494 e. The molecule has 8 heteroatoms. The van der Waals surface area contributed by atoms with Crippen LogP contribution in [0.3, 0.4) is 0 Å². The van der Waals surface area contributed by atoms with Crippen LogP contribution in [0.4, 0.5) is 5.69 Å². The number of carboxylic acids is 1. The van der Waals surface area contributed by atoms with E-state index in [1.54, 1.807) is 0 Å². The molecule has 38 heavy (non-hydrogen) atoms. The van der Waals surface area contributed by atoms with Gasteiger partial charge < -0.3 is 19.9 Å². The van der Waals surface area contributed by atoms with Crippen LogP contribution in [0, 0.1) is 20.8 Å². The van der Waals surface area contributed by atoms with Gasteiger partial charge in [-0.3, -0.25) is 4.79 Å². The summed E-state index contributed by atoms with van der Waals surface area (Å²) in [5.74, 6) is 0.688. The van der Waals surface area contributed by atoms with Crippen LogP contribution in [0.1, 0.15) is 46.6 Å². The Labute approximate surface area is 224 Å². The Morgan fingerprint density at radius 3 is 2.53 bits per heavy atom. The zero-order valence-corrected chi connectivity index (χ0v) is 23.2. The highest BCUT2D eigenvalue weighted by Gasteiger charge is 2.26. The van der Waals surface area contributed by atoms with E-state index in [0.717, 1.165) is 39.4 Å². The van der Waals surface area contributed by atoms with Gasteiger partial charge in [0.25, 0.3) is 0 Å². The molecule has 0 bridgehead atoms. The zero-order chi connectivity index (χ0) is 27.4. The molecule has 7 nitrogen and oxygen atoms in total. The van der Waals surface area contributed by atoms with Crippen molar-refractivity contribution in [3.8, 4) is 22.6 Å². The first-order valence-electron chi connectivity index (χ1n) is 12.7. The number of anilines is 1. The summed E-state index contributed by atoms with van der Waals surface area (Å²) in [6.45, 7) is 7.66. The van der Waals surface area contributed by atoms with Crippen LogP contribution in [0.15, 0.2) is 48.5 Å². The standard InChI is InChI=1S/C30H35NO6S/c1-19-13-25(36-11-6-12-38(4,34)35)14-20(2)30(19)26-8-5-7-22(21(26)3)17-31-24-9-10-27-23(15-29(32)33)18-37-28(27)16-24/h5,7-10,13-14,16,23,31H,6,11-12,15,17-18H2,1-4H3,(H,32,33)/t23-/m1/s1. The molecule has 3 aromatic carbocycles. The highest BCUT2D eigenvalue weighted by Crippen LogP contribution is 2.38. The molecule has 0 aliphatic carbocycles. The molecular weight excluding hydrogens is 502 g/mol. The second-order valence-corrected chi connectivity index (χ2v) is 12.3. The monoisotopic (exact) mass is 537 g/mol. The third-order valence-corrected chi connectivity index (χ3v) is 7.98. The van der Waals surface area contributed by atoms with E-state index in [2.05, 4.69) is 44.3 Å². The fraction of sp³-hybridized carbons (Fsp3) is 0.367. The molecular formula is C30H35NO6S. The van der Waals surface area contributed by atoms with Gasteiger partial charge in [-0.05, 0) is 78.8 Å². The Kier molecular flexibility index (Phi) is 8.31. The molecule has 1 atom stereocenters. The van der Waals surface area contributed by atoms with E-state index in [9.17, 15) is 13.2 Å². The van der Waals surface area contributed by atoms with Crippen molar-refractivity contribution in [2.75, 3.05) is 30.5 Å². The highest BCUT2D eigenvalue weighted by molar-refractivity contribution is 7.90. The third kappa shape index (κ3) is 6.67. The van der Waals surface area contributed by atoms with Gasteiger partial charge in [0.05, 0.1) is 25.4 Å². The molecule has 202 valence electrons. The summed E-state index contributed by atoms with van der Waals surface area (Å²) in [6, 6.07) is 16.2. The van der Waals surface area contributed by atoms with Crippen molar-refractivity contribution in [1.29, 1.82) is 0 Å². The van der Waals surface area contributed by atoms with E-state index >= 15 is 0 Å². The number of aryl methyl sites for hydroxylation is 2. The van der Waals surface area contributed by atoms with Crippen molar-refractivity contribution in [1.82, 2.24) is 0 Å². The van der Waals surface area contributed by atoms with Crippen LogP contribution in [0.2, 0.25) is 0 Å². The van der Waals surface area contributed by atoms with E-state index in [-0.39, 0.29) is 18.1 Å². The summed E-state index contributed by atoms with van der Waals surface area (Å²) >= 11 is 0. The minimum absolute atomic E-state index is 0.0703. The van der Waals surface area contributed by atoms with E-state index in [4.69, 9.17) is 14.6 Å². The first kappa shape index (κ1) is 27.5. The Bertz CT molecular complexity index is 1420.